The fourth-order valence-corrected chi connectivity index (χ4v) is 3.07. The molecule has 166 valence electrons. The predicted molar refractivity (Wildman–Crippen MR) is 108 cm³/mol. The zero-order valence-corrected chi connectivity index (χ0v) is 18.5. The van der Waals surface area contributed by atoms with E-state index in [1.165, 1.54) is 4.90 Å². The smallest absolute Gasteiger partial charge is 0.234 e. The maximum atomic E-state index is 12.3. The number of amides is 4. The van der Waals surface area contributed by atoms with Crippen molar-refractivity contribution in [1.82, 2.24) is 21.1 Å². The van der Waals surface area contributed by atoms with Crippen LogP contribution in [0.2, 0.25) is 0 Å². The van der Waals surface area contributed by atoms with Gasteiger partial charge in [-0.1, -0.05) is 6.92 Å². The number of nitrogens with zero attached hydrogens (tertiary/aromatic N) is 1. The van der Waals surface area contributed by atoms with Gasteiger partial charge in [0.2, 0.25) is 23.6 Å². The molecule has 1 aliphatic rings. The van der Waals surface area contributed by atoms with Gasteiger partial charge >= 0.3 is 0 Å². The zero-order valence-electron chi connectivity index (χ0n) is 18.5. The second kappa shape index (κ2) is 10.7. The molecule has 9 nitrogen and oxygen atoms in total. The lowest BCUT2D eigenvalue weighted by molar-refractivity contribution is -0.139. The van der Waals surface area contributed by atoms with Crippen LogP contribution in [0.5, 0.6) is 0 Å². The fourth-order valence-electron chi connectivity index (χ4n) is 3.07. The summed E-state index contributed by atoms with van der Waals surface area (Å²) < 4.78 is 5.91. The largest absolute Gasteiger partial charge is 0.375 e. The van der Waals surface area contributed by atoms with Gasteiger partial charge in [0.05, 0.1) is 5.60 Å². The van der Waals surface area contributed by atoms with Crippen LogP contribution < -0.4 is 16.2 Å². The summed E-state index contributed by atoms with van der Waals surface area (Å²) in [5.74, 6) is -1.03. The average Bonchev–Trinajstić information content (AvgIpc) is 2.83. The quantitative estimate of drug-likeness (QED) is 0.324. The number of rotatable bonds is 12. The molecule has 1 heterocycles. The Kier molecular flexibility index (Phi) is 9.22. The molecule has 1 fully saturated rings. The number of ether oxygens (including phenoxy) is 1. The Morgan fingerprint density at radius 3 is 2.31 bits per heavy atom. The molecule has 1 rings (SSSR count). The van der Waals surface area contributed by atoms with E-state index in [4.69, 9.17) is 4.74 Å². The molecule has 3 N–H and O–H groups in total. The van der Waals surface area contributed by atoms with Crippen molar-refractivity contribution in [3.63, 3.8) is 0 Å². The molecule has 0 saturated carbocycles. The average molecular weight is 413 g/mol. The van der Waals surface area contributed by atoms with Crippen molar-refractivity contribution in [3.8, 4) is 0 Å². The third kappa shape index (κ3) is 8.91. The number of hydrogen-bond acceptors (Lipinski definition) is 6. The Balaban J connectivity index is 2.35. The second-order valence-corrected chi connectivity index (χ2v) is 8.83. The van der Waals surface area contributed by atoms with Crippen LogP contribution in [0.4, 0.5) is 0 Å². The van der Waals surface area contributed by atoms with E-state index in [0.29, 0.717) is 25.9 Å². The number of carbonyl (C=O) groups is 4. The minimum Gasteiger partial charge on any atom is -0.375 e. The predicted octanol–water partition coefficient (Wildman–Crippen LogP) is 0.882. The minimum atomic E-state index is -0.497. The molecule has 1 atom stereocenters. The first-order chi connectivity index (χ1) is 13.4. The molecule has 4 amide bonds. The van der Waals surface area contributed by atoms with E-state index in [1.54, 1.807) is 14.0 Å². The van der Waals surface area contributed by atoms with Crippen molar-refractivity contribution in [2.24, 2.45) is 5.92 Å². The number of nitrogens with one attached hydrogen (secondary N) is 3. The molecule has 0 aliphatic carbocycles. The van der Waals surface area contributed by atoms with Crippen LogP contribution in [-0.2, 0) is 23.9 Å². The van der Waals surface area contributed by atoms with E-state index in [0.717, 1.165) is 0 Å². The molecule has 1 aliphatic heterocycles. The van der Waals surface area contributed by atoms with Gasteiger partial charge in [0.25, 0.3) is 0 Å². The van der Waals surface area contributed by atoms with E-state index in [2.05, 4.69) is 16.2 Å². The molecular formula is C20H36N4O5. The van der Waals surface area contributed by atoms with Crippen molar-refractivity contribution in [2.45, 2.75) is 77.9 Å². The Morgan fingerprint density at radius 1 is 1.10 bits per heavy atom. The zero-order chi connectivity index (χ0) is 22.2. The maximum Gasteiger partial charge on any atom is 0.234 e. The van der Waals surface area contributed by atoms with E-state index in [1.807, 2.05) is 27.7 Å². The molecule has 1 unspecified atom stereocenters. The highest BCUT2D eigenvalue weighted by Gasteiger charge is 2.35. The van der Waals surface area contributed by atoms with Crippen LogP contribution in [-0.4, -0.2) is 59.9 Å². The first kappa shape index (κ1) is 25.0. The molecule has 0 radical (unpaired) electrons. The molecule has 0 bridgehead atoms. The SMILES string of the molecule is CNNC(=O)CCC(C)(C)OCCC(C)(C)NC(=O)CCN1C(=O)CC(C)C1=O. The summed E-state index contributed by atoms with van der Waals surface area (Å²) in [4.78, 5) is 48.7. The molecule has 0 aromatic rings. The first-order valence-electron chi connectivity index (χ1n) is 10.1. The third-order valence-electron chi connectivity index (χ3n) is 4.95. The van der Waals surface area contributed by atoms with Gasteiger partial charge in [-0.2, -0.15) is 0 Å². The van der Waals surface area contributed by atoms with Gasteiger partial charge in [-0.05, 0) is 40.5 Å². The topological polar surface area (TPSA) is 117 Å². The summed E-state index contributed by atoms with van der Waals surface area (Å²) in [6.07, 6.45) is 1.81. The van der Waals surface area contributed by atoms with E-state index in [9.17, 15) is 19.2 Å². The Morgan fingerprint density at radius 2 is 1.76 bits per heavy atom. The highest BCUT2D eigenvalue weighted by Crippen LogP contribution is 2.20. The van der Waals surface area contributed by atoms with Gasteiger partial charge in [0.15, 0.2) is 0 Å². The Hall–Kier alpha value is -2.00. The van der Waals surface area contributed by atoms with E-state index < -0.39 is 11.1 Å². The third-order valence-corrected chi connectivity index (χ3v) is 4.95. The van der Waals surface area contributed by atoms with E-state index >= 15 is 0 Å². The molecular weight excluding hydrogens is 376 g/mol. The van der Waals surface area contributed by atoms with Crippen LogP contribution >= 0.6 is 0 Å². The summed E-state index contributed by atoms with van der Waals surface area (Å²) in [5.41, 5.74) is 4.16. The summed E-state index contributed by atoms with van der Waals surface area (Å²) in [7, 11) is 1.64. The lowest BCUT2D eigenvalue weighted by atomic mass is 9.99. The number of hydrazine groups is 1. The Bertz CT molecular complexity index is 618. The standard InChI is InChI=1S/C20H36N4O5/c1-14-13-17(27)24(18(14)28)11-8-15(25)22-19(2,3)10-12-29-20(4,5)9-7-16(26)23-21-6/h14,21H,7-13H2,1-6H3,(H,22,25)(H,23,26). The van der Waals surface area contributed by atoms with Crippen molar-refractivity contribution in [1.29, 1.82) is 0 Å². The van der Waals surface area contributed by atoms with Gasteiger partial charge in [-0.15, -0.1) is 0 Å². The molecule has 0 spiro atoms. The maximum absolute atomic E-state index is 12.3. The summed E-state index contributed by atoms with van der Waals surface area (Å²) in [6, 6.07) is 0. The normalized spacial score (nSPS) is 17.6. The Labute approximate surface area is 173 Å². The molecule has 1 saturated heterocycles. The summed E-state index contributed by atoms with van der Waals surface area (Å²) in [5, 5.41) is 2.93. The first-order valence-corrected chi connectivity index (χ1v) is 10.1. The molecule has 0 aromatic carbocycles. The number of carbonyl (C=O) groups excluding carboxylic acids is 4. The van der Waals surface area contributed by atoms with Crippen molar-refractivity contribution >= 4 is 23.6 Å². The number of hydrogen-bond donors (Lipinski definition) is 3. The molecule has 9 heteroatoms. The van der Waals surface area contributed by atoms with Crippen LogP contribution in [0.15, 0.2) is 0 Å². The van der Waals surface area contributed by atoms with Crippen LogP contribution in [0.1, 0.15) is 66.7 Å². The van der Waals surface area contributed by atoms with Gasteiger partial charge in [0.1, 0.15) is 0 Å². The monoisotopic (exact) mass is 412 g/mol. The summed E-state index contributed by atoms with van der Waals surface area (Å²) in [6.45, 7) is 9.91. The van der Waals surface area contributed by atoms with Gasteiger partial charge in [-0.25, -0.2) is 5.43 Å². The number of imide groups is 1. The summed E-state index contributed by atoms with van der Waals surface area (Å²) >= 11 is 0. The van der Waals surface area contributed by atoms with Crippen LogP contribution in [0.3, 0.4) is 0 Å². The molecule has 0 aromatic heterocycles. The highest BCUT2D eigenvalue weighted by atomic mass is 16.5. The minimum absolute atomic E-state index is 0.0839. The fraction of sp³-hybridized carbons (Fsp3) is 0.800. The van der Waals surface area contributed by atoms with Gasteiger partial charge < -0.3 is 10.1 Å². The highest BCUT2D eigenvalue weighted by molar-refractivity contribution is 6.03. The van der Waals surface area contributed by atoms with Gasteiger partial charge in [-0.3, -0.25) is 29.5 Å². The lowest BCUT2D eigenvalue weighted by Crippen LogP contribution is -2.46. The molecule has 29 heavy (non-hydrogen) atoms. The lowest BCUT2D eigenvalue weighted by Gasteiger charge is -2.30. The second-order valence-electron chi connectivity index (χ2n) is 8.83. The van der Waals surface area contributed by atoms with Gasteiger partial charge in [0, 0.05) is 50.9 Å². The van der Waals surface area contributed by atoms with Crippen molar-refractivity contribution < 1.29 is 23.9 Å². The van der Waals surface area contributed by atoms with E-state index in [-0.39, 0.29) is 48.9 Å². The van der Waals surface area contributed by atoms with Crippen molar-refractivity contribution in [2.75, 3.05) is 20.2 Å². The van der Waals surface area contributed by atoms with Crippen LogP contribution in [0, 0.1) is 5.92 Å². The number of likely N-dealkylation sites (tertiary alicyclic amines) is 1. The van der Waals surface area contributed by atoms with Crippen molar-refractivity contribution in [3.05, 3.63) is 0 Å². The van der Waals surface area contributed by atoms with Crippen LogP contribution in [0.25, 0.3) is 0 Å².